The molecule has 0 aliphatic carbocycles. The van der Waals surface area contributed by atoms with E-state index >= 15 is 0 Å². The Balaban J connectivity index is 2.00. The van der Waals surface area contributed by atoms with Crippen molar-refractivity contribution >= 4 is 0 Å². The van der Waals surface area contributed by atoms with E-state index in [9.17, 15) is 0 Å². The van der Waals surface area contributed by atoms with Crippen LogP contribution in [0.15, 0.2) is 22.8 Å². The fourth-order valence-corrected chi connectivity index (χ4v) is 1.76. The molecule has 78 valence electrons. The van der Waals surface area contributed by atoms with Crippen molar-refractivity contribution in [3.8, 4) is 0 Å². The highest BCUT2D eigenvalue weighted by Crippen LogP contribution is 2.30. The predicted molar refractivity (Wildman–Crippen MR) is 51.9 cm³/mol. The van der Waals surface area contributed by atoms with Gasteiger partial charge in [0.15, 0.2) is 0 Å². The lowest BCUT2D eigenvalue weighted by Crippen LogP contribution is -2.33. The number of ether oxygens (including phenoxy) is 2. The Kier molecular flexibility index (Phi) is 2.61. The van der Waals surface area contributed by atoms with Gasteiger partial charge in [-0.15, -0.1) is 0 Å². The summed E-state index contributed by atoms with van der Waals surface area (Å²) in [6.07, 6.45) is 2.76. The molecular formula is C11H16O3. The van der Waals surface area contributed by atoms with E-state index in [2.05, 4.69) is 13.8 Å². The van der Waals surface area contributed by atoms with E-state index in [0.29, 0.717) is 13.4 Å². The van der Waals surface area contributed by atoms with Crippen LogP contribution in [0.25, 0.3) is 0 Å². The third kappa shape index (κ3) is 1.99. The van der Waals surface area contributed by atoms with Gasteiger partial charge in [-0.2, -0.15) is 0 Å². The number of rotatable bonds is 3. The van der Waals surface area contributed by atoms with E-state index in [4.69, 9.17) is 13.9 Å². The smallest absolute Gasteiger partial charge is 0.147 e. The number of hydrogen-bond donors (Lipinski definition) is 0. The second kappa shape index (κ2) is 3.75. The summed E-state index contributed by atoms with van der Waals surface area (Å²) in [5.41, 5.74) is 0.0638. The largest absolute Gasteiger partial charge is 0.469 e. The zero-order valence-electron chi connectivity index (χ0n) is 8.66. The van der Waals surface area contributed by atoms with Crippen molar-refractivity contribution < 1.29 is 13.9 Å². The van der Waals surface area contributed by atoms with Gasteiger partial charge in [-0.05, 0) is 12.1 Å². The maximum Gasteiger partial charge on any atom is 0.147 e. The number of hydrogen-bond acceptors (Lipinski definition) is 3. The molecule has 3 nitrogen and oxygen atoms in total. The minimum atomic E-state index is 0.0638. The maximum atomic E-state index is 5.50. The standard InChI is InChI=1S/C11H16O3/c1-11(2,10-7-12-8-14-10)6-9-4-3-5-13-9/h3-5,10H,6-8H2,1-2H3. The van der Waals surface area contributed by atoms with Gasteiger partial charge in [0.25, 0.3) is 0 Å². The Bertz CT molecular complexity index is 271. The summed E-state index contributed by atoms with van der Waals surface area (Å²) in [6, 6.07) is 3.91. The SMILES string of the molecule is CC(C)(Cc1ccco1)C1COCO1. The molecule has 2 heterocycles. The van der Waals surface area contributed by atoms with Crippen LogP contribution in [0.4, 0.5) is 0 Å². The lowest BCUT2D eigenvalue weighted by Gasteiger charge is -2.28. The van der Waals surface area contributed by atoms with E-state index in [1.165, 1.54) is 0 Å². The number of furan rings is 1. The molecule has 3 heteroatoms. The molecule has 1 aliphatic heterocycles. The van der Waals surface area contributed by atoms with Gasteiger partial charge in [-0.3, -0.25) is 0 Å². The molecule has 0 radical (unpaired) electrons. The first kappa shape index (κ1) is 9.74. The molecule has 2 rings (SSSR count). The Morgan fingerprint density at radius 2 is 2.36 bits per heavy atom. The first-order chi connectivity index (χ1) is 6.68. The Hall–Kier alpha value is -0.800. The van der Waals surface area contributed by atoms with Gasteiger partial charge in [0, 0.05) is 11.8 Å². The van der Waals surface area contributed by atoms with Crippen molar-refractivity contribution in [1.82, 2.24) is 0 Å². The van der Waals surface area contributed by atoms with Gasteiger partial charge >= 0.3 is 0 Å². The van der Waals surface area contributed by atoms with Gasteiger partial charge in [-0.1, -0.05) is 13.8 Å². The third-order valence-corrected chi connectivity index (χ3v) is 2.70. The lowest BCUT2D eigenvalue weighted by molar-refractivity contribution is 0.00172. The van der Waals surface area contributed by atoms with Crippen LogP contribution in [0.5, 0.6) is 0 Å². The molecular weight excluding hydrogens is 180 g/mol. The van der Waals surface area contributed by atoms with E-state index < -0.39 is 0 Å². The topological polar surface area (TPSA) is 31.6 Å². The zero-order chi connectivity index (χ0) is 10.0. The van der Waals surface area contributed by atoms with Crippen LogP contribution in [-0.4, -0.2) is 19.5 Å². The van der Waals surface area contributed by atoms with Crippen molar-refractivity contribution in [3.05, 3.63) is 24.2 Å². The van der Waals surface area contributed by atoms with Crippen molar-refractivity contribution in [3.63, 3.8) is 0 Å². The first-order valence-corrected chi connectivity index (χ1v) is 4.90. The summed E-state index contributed by atoms with van der Waals surface area (Å²) in [5.74, 6) is 1.01. The zero-order valence-corrected chi connectivity index (χ0v) is 8.66. The summed E-state index contributed by atoms with van der Waals surface area (Å²) >= 11 is 0. The van der Waals surface area contributed by atoms with Gasteiger partial charge in [0.2, 0.25) is 0 Å². The van der Waals surface area contributed by atoms with Crippen molar-refractivity contribution in [1.29, 1.82) is 0 Å². The molecule has 0 bridgehead atoms. The van der Waals surface area contributed by atoms with Gasteiger partial charge in [0.1, 0.15) is 12.6 Å². The van der Waals surface area contributed by atoms with Crippen LogP contribution in [0.2, 0.25) is 0 Å². The highest BCUT2D eigenvalue weighted by molar-refractivity contribution is 5.02. The minimum absolute atomic E-state index is 0.0638. The molecule has 1 fully saturated rings. The Labute approximate surface area is 84.0 Å². The molecule has 1 aromatic rings. The molecule has 0 N–H and O–H groups in total. The van der Waals surface area contributed by atoms with Crippen LogP contribution < -0.4 is 0 Å². The summed E-state index contributed by atoms with van der Waals surface area (Å²) in [5, 5.41) is 0. The molecule has 0 aromatic carbocycles. The quantitative estimate of drug-likeness (QED) is 0.742. The second-order valence-electron chi connectivity index (χ2n) is 4.39. The average molecular weight is 196 g/mol. The molecule has 1 atom stereocenters. The van der Waals surface area contributed by atoms with E-state index in [1.807, 2.05) is 12.1 Å². The van der Waals surface area contributed by atoms with E-state index in [-0.39, 0.29) is 11.5 Å². The summed E-state index contributed by atoms with van der Waals surface area (Å²) < 4.78 is 16.0. The molecule has 1 aromatic heterocycles. The monoisotopic (exact) mass is 196 g/mol. The lowest BCUT2D eigenvalue weighted by atomic mass is 9.82. The fourth-order valence-electron chi connectivity index (χ4n) is 1.76. The average Bonchev–Trinajstić information content (AvgIpc) is 2.71. The predicted octanol–water partition coefficient (Wildman–Crippen LogP) is 2.22. The van der Waals surface area contributed by atoms with E-state index in [0.717, 1.165) is 12.2 Å². The van der Waals surface area contributed by atoms with Crippen LogP contribution in [0, 0.1) is 5.41 Å². The highest BCUT2D eigenvalue weighted by Gasteiger charge is 2.34. The molecule has 0 saturated carbocycles. The van der Waals surface area contributed by atoms with Gasteiger partial charge < -0.3 is 13.9 Å². The third-order valence-electron chi connectivity index (χ3n) is 2.70. The maximum absolute atomic E-state index is 5.50. The van der Waals surface area contributed by atoms with Crippen molar-refractivity contribution in [2.75, 3.05) is 13.4 Å². The van der Waals surface area contributed by atoms with Crippen LogP contribution in [0.3, 0.4) is 0 Å². The summed E-state index contributed by atoms with van der Waals surface area (Å²) in [6.45, 7) is 5.46. The fraction of sp³-hybridized carbons (Fsp3) is 0.636. The normalized spacial score (nSPS) is 22.9. The molecule has 1 aliphatic rings. The molecule has 0 amide bonds. The Morgan fingerprint density at radius 3 is 2.93 bits per heavy atom. The van der Waals surface area contributed by atoms with Crippen LogP contribution in [-0.2, 0) is 15.9 Å². The van der Waals surface area contributed by atoms with Crippen molar-refractivity contribution in [2.45, 2.75) is 26.4 Å². The molecule has 14 heavy (non-hydrogen) atoms. The second-order valence-corrected chi connectivity index (χ2v) is 4.39. The van der Waals surface area contributed by atoms with Crippen LogP contribution >= 0.6 is 0 Å². The minimum Gasteiger partial charge on any atom is -0.469 e. The molecule has 0 spiro atoms. The Morgan fingerprint density at radius 1 is 1.50 bits per heavy atom. The first-order valence-electron chi connectivity index (χ1n) is 4.90. The highest BCUT2D eigenvalue weighted by atomic mass is 16.7. The van der Waals surface area contributed by atoms with Gasteiger partial charge in [0.05, 0.1) is 19.0 Å². The summed E-state index contributed by atoms with van der Waals surface area (Å²) in [4.78, 5) is 0. The van der Waals surface area contributed by atoms with E-state index in [1.54, 1.807) is 6.26 Å². The van der Waals surface area contributed by atoms with Crippen LogP contribution in [0.1, 0.15) is 19.6 Å². The van der Waals surface area contributed by atoms with Gasteiger partial charge in [-0.25, -0.2) is 0 Å². The molecule has 1 unspecified atom stereocenters. The molecule has 1 saturated heterocycles. The summed E-state index contributed by atoms with van der Waals surface area (Å²) in [7, 11) is 0. The van der Waals surface area contributed by atoms with Crippen molar-refractivity contribution in [2.24, 2.45) is 5.41 Å².